The number of azo groups is 1. The second-order valence-electron chi connectivity index (χ2n) is 2.93. The molecule has 1 atom stereocenters. The first-order chi connectivity index (χ1) is 7.11. The van der Waals surface area contributed by atoms with E-state index in [9.17, 15) is 9.59 Å². The maximum atomic E-state index is 10.9. The largest absolute Gasteiger partial charge is 0.297 e. The number of nitrogens with zero attached hydrogens (tertiary/aromatic N) is 2. The maximum Gasteiger partial charge on any atom is 0.272 e. The number of carbonyl (C=O) groups is 2. The number of Topliss-reactive ketones (excluding diaryl/α,β-unsaturated/α-hetero) is 1. The average Bonchev–Trinajstić information content (AvgIpc) is 2.18. The summed E-state index contributed by atoms with van der Waals surface area (Å²) in [5.41, 5.74) is 7.36. The summed E-state index contributed by atoms with van der Waals surface area (Å²) in [6.45, 7) is 1.21. The summed E-state index contributed by atoms with van der Waals surface area (Å²) in [6, 6.07) is 7.42. The lowest BCUT2D eigenvalue weighted by Gasteiger charge is -2.00. The highest BCUT2D eigenvalue weighted by Gasteiger charge is 2.20. The summed E-state index contributed by atoms with van der Waals surface area (Å²) in [5.74, 6) is -1.52. The third kappa shape index (κ3) is 3.30. The van der Waals surface area contributed by atoms with Gasteiger partial charge in [0, 0.05) is 0 Å². The topological polar surface area (TPSA) is 82.7 Å². The summed E-state index contributed by atoms with van der Waals surface area (Å²) in [5, 5.41) is 7.24. The van der Waals surface area contributed by atoms with E-state index >= 15 is 0 Å². The van der Waals surface area contributed by atoms with E-state index in [1.807, 2.05) is 6.07 Å². The summed E-state index contributed by atoms with van der Waals surface area (Å²) in [7, 11) is 0. The third-order valence-electron chi connectivity index (χ3n) is 1.68. The number of rotatable bonds is 4. The predicted octanol–water partition coefficient (Wildman–Crippen LogP) is 1.54. The monoisotopic (exact) mass is 204 g/mol. The Balaban J connectivity index is 2.79. The van der Waals surface area contributed by atoms with Crippen LogP contribution in [-0.4, -0.2) is 17.7 Å². The fraction of sp³-hybridized carbons (Fsp3) is 0.200. The Morgan fingerprint density at radius 1 is 1.27 bits per heavy atom. The summed E-state index contributed by atoms with van der Waals surface area (Å²) < 4.78 is 0. The van der Waals surface area contributed by atoms with Gasteiger partial charge in [0.2, 0.25) is 6.04 Å². The highest BCUT2D eigenvalue weighted by molar-refractivity contribution is 6.03. The molecule has 0 aliphatic rings. The normalized spacial score (nSPS) is 12.6. The van der Waals surface area contributed by atoms with Crippen LogP contribution in [0.4, 0.5) is 5.69 Å². The first kappa shape index (κ1) is 11.0. The van der Waals surface area contributed by atoms with Crippen molar-refractivity contribution in [3.8, 4) is 0 Å². The van der Waals surface area contributed by atoms with Gasteiger partial charge < -0.3 is 0 Å². The number of amides is 1. The molecule has 0 fully saturated rings. The van der Waals surface area contributed by atoms with Gasteiger partial charge in [-0.2, -0.15) is 10.2 Å². The van der Waals surface area contributed by atoms with Crippen LogP contribution in [0, 0.1) is 0 Å². The van der Waals surface area contributed by atoms with Crippen LogP contribution in [0.1, 0.15) is 6.92 Å². The summed E-state index contributed by atoms with van der Waals surface area (Å²) in [6.07, 6.45) is 0. The van der Waals surface area contributed by atoms with Crippen molar-refractivity contribution in [3.05, 3.63) is 30.3 Å². The molecule has 1 unspecified atom stereocenters. The van der Waals surface area contributed by atoms with Crippen molar-refractivity contribution in [2.24, 2.45) is 10.2 Å². The van der Waals surface area contributed by atoms with Crippen LogP contribution < -0.4 is 5.73 Å². The molecule has 1 amide bonds. The highest BCUT2D eigenvalue weighted by Crippen LogP contribution is 2.11. The van der Waals surface area contributed by atoms with Crippen molar-refractivity contribution in [2.45, 2.75) is 13.0 Å². The van der Waals surface area contributed by atoms with Gasteiger partial charge in [-0.15, -0.1) is 0 Å². The standard InChI is InChI=1S/C10H10N3O2/c1-7(14)9(10(11)15)13-12-8-5-3-2-4-6-8/h2-6,9,11H,1H3/b13-12+. The lowest BCUT2D eigenvalue weighted by molar-refractivity contribution is -0.127. The van der Waals surface area contributed by atoms with Gasteiger partial charge >= 0.3 is 0 Å². The molecule has 15 heavy (non-hydrogen) atoms. The first-order valence-electron chi connectivity index (χ1n) is 4.33. The van der Waals surface area contributed by atoms with Crippen molar-refractivity contribution in [1.82, 2.24) is 5.73 Å². The Morgan fingerprint density at radius 2 is 1.87 bits per heavy atom. The number of benzene rings is 1. The second kappa shape index (κ2) is 4.99. The third-order valence-corrected chi connectivity index (χ3v) is 1.68. The molecule has 5 nitrogen and oxygen atoms in total. The fourth-order valence-electron chi connectivity index (χ4n) is 0.937. The molecular formula is C10H10N3O2. The van der Waals surface area contributed by atoms with Gasteiger partial charge in [-0.05, 0) is 19.1 Å². The van der Waals surface area contributed by atoms with Crippen molar-refractivity contribution in [3.63, 3.8) is 0 Å². The molecular weight excluding hydrogens is 194 g/mol. The molecule has 1 aromatic rings. The Labute approximate surface area is 87.0 Å². The predicted molar refractivity (Wildman–Crippen MR) is 53.5 cm³/mol. The van der Waals surface area contributed by atoms with E-state index in [1.165, 1.54) is 6.92 Å². The van der Waals surface area contributed by atoms with E-state index in [-0.39, 0.29) is 0 Å². The molecule has 0 bridgehead atoms. The van der Waals surface area contributed by atoms with Gasteiger partial charge in [-0.3, -0.25) is 15.3 Å². The number of nitrogens with one attached hydrogen (secondary N) is 1. The van der Waals surface area contributed by atoms with E-state index in [1.54, 1.807) is 24.3 Å². The van der Waals surface area contributed by atoms with Crippen LogP contribution in [0.5, 0.6) is 0 Å². The summed E-state index contributed by atoms with van der Waals surface area (Å²) >= 11 is 0. The molecule has 1 aromatic carbocycles. The second-order valence-corrected chi connectivity index (χ2v) is 2.93. The quantitative estimate of drug-likeness (QED) is 0.550. The minimum Gasteiger partial charge on any atom is -0.297 e. The van der Waals surface area contributed by atoms with E-state index in [2.05, 4.69) is 10.2 Å². The molecule has 0 aliphatic carbocycles. The zero-order chi connectivity index (χ0) is 11.3. The highest BCUT2D eigenvalue weighted by atomic mass is 16.2. The number of ketones is 1. The Hall–Kier alpha value is -2.04. The van der Waals surface area contributed by atoms with E-state index in [0.29, 0.717) is 5.69 Å². The zero-order valence-corrected chi connectivity index (χ0v) is 8.18. The minimum atomic E-state index is -1.30. The number of carbonyl (C=O) groups excluding carboxylic acids is 2. The maximum absolute atomic E-state index is 10.9. The fourth-order valence-corrected chi connectivity index (χ4v) is 0.937. The van der Waals surface area contributed by atoms with E-state index < -0.39 is 17.7 Å². The van der Waals surface area contributed by atoms with Gasteiger partial charge in [-0.1, -0.05) is 18.2 Å². The Morgan fingerprint density at radius 3 is 2.33 bits per heavy atom. The molecule has 0 aliphatic heterocycles. The van der Waals surface area contributed by atoms with Crippen LogP contribution in [0.3, 0.4) is 0 Å². The number of hydrogen-bond acceptors (Lipinski definition) is 4. The molecule has 1 N–H and O–H groups in total. The van der Waals surface area contributed by atoms with Crippen LogP contribution in [0.15, 0.2) is 40.6 Å². The molecule has 1 rings (SSSR count). The van der Waals surface area contributed by atoms with Crippen LogP contribution in [0.25, 0.3) is 0 Å². The van der Waals surface area contributed by atoms with Gasteiger partial charge in [0.1, 0.15) is 0 Å². The van der Waals surface area contributed by atoms with Crippen molar-refractivity contribution in [1.29, 1.82) is 0 Å². The van der Waals surface area contributed by atoms with Crippen LogP contribution in [0.2, 0.25) is 0 Å². The minimum absolute atomic E-state index is 0.477. The number of hydrogen-bond donors (Lipinski definition) is 0. The molecule has 0 aromatic heterocycles. The van der Waals surface area contributed by atoms with Crippen LogP contribution in [-0.2, 0) is 9.59 Å². The zero-order valence-electron chi connectivity index (χ0n) is 8.18. The smallest absolute Gasteiger partial charge is 0.272 e. The van der Waals surface area contributed by atoms with E-state index in [4.69, 9.17) is 5.73 Å². The molecule has 0 spiro atoms. The molecule has 1 radical (unpaired) electrons. The molecule has 0 saturated carbocycles. The van der Waals surface area contributed by atoms with E-state index in [0.717, 1.165) is 0 Å². The average molecular weight is 204 g/mol. The first-order valence-corrected chi connectivity index (χ1v) is 4.33. The molecule has 0 saturated heterocycles. The van der Waals surface area contributed by atoms with Gasteiger partial charge in [0.15, 0.2) is 5.78 Å². The lowest BCUT2D eigenvalue weighted by atomic mass is 10.2. The lowest BCUT2D eigenvalue weighted by Crippen LogP contribution is -2.26. The van der Waals surface area contributed by atoms with Gasteiger partial charge in [0.25, 0.3) is 5.91 Å². The van der Waals surface area contributed by atoms with Gasteiger partial charge in [-0.25, -0.2) is 0 Å². The van der Waals surface area contributed by atoms with Gasteiger partial charge in [0.05, 0.1) is 5.69 Å². The molecule has 0 heterocycles. The Bertz CT molecular complexity index is 373. The van der Waals surface area contributed by atoms with Crippen LogP contribution >= 0.6 is 0 Å². The SMILES string of the molecule is CC(=O)C(/N=N/c1ccccc1)C([NH])=O. The molecule has 77 valence electrons. The Kier molecular flexibility index (Phi) is 3.68. The summed E-state index contributed by atoms with van der Waals surface area (Å²) in [4.78, 5) is 21.6. The van der Waals surface area contributed by atoms with Crippen molar-refractivity contribution < 1.29 is 9.59 Å². The molecule has 5 heteroatoms. The van der Waals surface area contributed by atoms with Crippen molar-refractivity contribution in [2.75, 3.05) is 0 Å². The van der Waals surface area contributed by atoms with Crippen molar-refractivity contribution >= 4 is 17.4 Å².